The minimum Gasteiger partial charge on any atom is -0.255 e. The van der Waals surface area contributed by atoms with Crippen LogP contribution in [0.4, 0.5) is 0 Å². The number of hydrogen-bond acceptors (Lipinski definition) is 1. The van der Waals surface area contributed by atoms with E-state index < -0.39 is 8.07 Å². The summed E-state index contributed by atoms with van der Waals surface area (Å²) in [6.07, 6.45) is 5.19. The summed E-state index contributed by atoms with van der Waals surface area (Å²) in [4.78, 5) is 0. The molecule has 1 aromatic carbocycles. The van der Waals surface area contributed by atoms with Crippen LogP contribution in [0.25, 0.3) is 10.9 Å². The second-order valence-electron chi connectivity index (χ2n) is 6.90. The molecule has 2 nitrogen and oxygen atoms in total. The molecule has 0 unspecified atom stereocenters. The minimum absolute atomic E-state index is 0.446. The van der Waals surface area contributed by atoms with Crippen molar-refractivity contribution in [3.05, 3.63) is 42.0 Å². The Hall–Kier alpha value is -1.79. The van der Waals surface area contributed by atoms with Crippen LogP contribution in [0.5, 0.6) is 0 Å². The van der Waals surface area contributed by atoms with Gasteiger partial charge in [-0.25, -0.2) is 0 Å². The SMILES string of the molecule is C=CCc1c([Si](C)(C)C)n(C#N)c2cccc(C(C)C)c12. The second kappa shape index (κ2) is 5.54. The average Bonchev–Trinajstić information content (AvgIpc) is 2.73. The Bertz CT molecular complexity index is 724. The van der Waals surface area contributed by atoms with Gasteiger partial charge in [0.2, 0.25) is 0 Å². The molecule has 0 atom stereocenters. The topological polar surface area (TPSA) is 28.7 Å². The van der Waals surface area contributed by atoms with Crippen molar-refractivity contribution in [2.45, 2.75) is 45.8 Å². The highest BCUT2D eigenvalue weighted by atomic mass is 28.3. The molecule has 0 aliphatic rings. The van der Waals surface area contributed by atoms with Crippen molar-refractivity contribution in [3.8, 4) is 6.19 Å². The summed E-state index contributed by atoms with van der Waals surface area (Å²) in [5, 5.41) is 12.2. The molecule has 0 N–H and O–H groups in total. The molecule has 0 fully saturated rings. The molecule has 0 saturated heterocycles. The van der Waals surface area contributed by atoms with Crippen LogP contribution in [0.3, 0.4) is 0 Å². The van der Waals surface area contributed by atoms with E-state index in [1.807, 2.05) is 10.6 Å². The number of allylic oxidation sites excluding steroid dienone is 1. The Morgan fingerprint density at radius 3 is 2.48 bits per heavy atom. The zero-order valence-electron chi connectivity index (χ0n) is 13.7. The molecule has 110 valence electrons. The quantitative estimate of drug-likeness (QED) is 0.608. The zero-order chi connectivity index (χ0) is 15.8. The van der Waals surface area contributed by atoms with Gasteiger partial charge in [-0.1, -0.05) is 51.7 Å². The number of benzene rings is 1. The van der Waals surface area contributed by atoms with Crippen molar-refractivity contribution in [3.63, 3.8) is 0 Å². The lowest BCUT2D eigenvalue weighted by molar-refractivity contribution is 0.875. The summed E-state index contributed by atoms with van der Waals surface area (Å²) < 4.78 is 1.87. The van der Waals surface area contributed by atoms with E-state index in [9.17, 15) is 5.26 Å². The lowest BCUT2D eigenvalue weighted by atomic mass is 9.96. The third-order valence-corrected chi connectivity index (χ3v) is 5.85. The van der Waals surface area contributed by atoms with Crippen molar-refractivity contribution >= 4 is 24.3 Å². The third-order valence-electron chi connectivity index (χ3n) is 3.91. The van der Waals surface area contributed by atoms with Crippen LogP contribution in [-0.2, 0) is 6.42 Å². The van der Waals surface area contributed by atoms with Crippen LogP contribution in [-0.4, -0.2) is 12.6 Å². The molecular weight excluding hydrogens is 272 g/mol. The molecule has 0 aliphatic heterocycles. The van der Waals surface area contributed by atoms with Gasteiger partial charge in [0.15, 0.2) is 6.19 Å². The van der Waals surface area contributed by atoms with Gasteiger partial charge in [-0.2, -0.15) is 5.26 Å². The maximum atomic E-state index is 9.70. The number of nitriles is 1. The van der Waals surface area contributed by atoms with Crippen molar-refractivity contribution < 1.29 is 0 Å². The van der Waals surface area contributed by atoms with Gasteiger partial charge in [-0.15, -0.1) is 6.58 Å². The van der Waals surface area contributed by atoms with E-state index in [1.165, 1.54) is 21.8 Å². The largest absolute Gasteiger partial charge is 0.255 e. The molecule has 0 spiro atoms. The van der Waals surface area contributed by atoms with E-state index in [4.69, 9.17) is 0 Å². The van der Waals surface area contributed by atoms with Gasteiger partial charge in [0.25, 0.3) is 0 Å². The van der Waals surface area contributed by atoms with E-state index in [2.05, 4.69) is 64.5 Å². The molecular formula is C18H24N2Si. The minimum atomic E-state index is -1.63. The number of fused-ring (bicyclic) bond motifs is 1. The molecule has 1 aromatic heterocycles. The second-order valence-corrected chi connectivity index (χ2v) is 11.9. The zero-order valence-corrected chi connectivity index (χ0v) is 14.7. The van der Waals surface area contributed by atoms with E-state index in [1.54, 1.807) is 0 Å². The molecule has 0 amide bonds. The van der Waals surface area contributed by atoms with Crippen LogP contribution in [0, 0.1) is 11.5 Å². The van der Waals surface area contributed by atoms with Crippen LogP contribution in [0.2, 0.25) is 19.6 Å². The summed E-state index contributed by atoms with van der Waals surface area (Å²) in [6, 6.07) is 6.33. The van der Waals surface area contributed by atoms with Crippen molar-refractivity contribution in [2.24, 2.45) is 0 Å². The Labute approximate surface area is 128 Å². The Morgan fingerprint density at radius 2 is 2.00 bits per heavy atom. The first kappa shape index (κ1) is 15.6. The van der Waals surface area contributed by atoms with Gasteiger partial charge in [0, 0.05) is 10.7 Å². The van der Waals surface area contributed by atoms with E-state index in [0.29, 0.717) is 5.92 Å². The standard InChI is InChI=1S/C18H24N2Si/c1-7-9-15-17-14(13(2)3)10-8-11-16(17)20(12-19)18(15)21(4,5)6/h7-8,10-11,13H,1,9H2,2-6H3. The Balaban J connectivity index is 3.02. The maximum absolute atomic E-state index is 9.70. The van der Waals surface area contributed by atoms with Crippen LogP contribution < -0.4 is 5.32 Å². The Kier molecular flexibility index (Phi) is 4.11. The van der Waals surface area contributed by atoms with Crippen molar-refractivity contribution in [1.29, 1.82) is 5.26 Å². The lowest BCUT2D eigenvalue weighted by Gasteiger charge is -2.19. The number of hydrogen-bond donors (Lipinski definition) is 0. The first-order valence-electron chi connectivity index (χ1n) is 7.50. The number of rotatable bonds is 4. The summed E-state index contributed by atoms with van der Waals surface area (Å²) in [5.41, 5.74) is 3.70. The highest BCUT2D eigenvalue weighted by Crippen LogP contribution is 2.30. The molecule has 0 bridgehead atoms. The summed E-state index contributed by atoms with van der Waals surface area (Å²) in [5.74, 6) is 0.446. The highest BCUT2D eigenvalue weighted by Gasteiger charge is 2.29. The van der Waals surface area contributed by atoms with Crippen molar-refractivity contribution in [2.75, 3.05) is 0 Å². The predicted octanol–water partition coefficient (Wildman–Crippen LogP) is 4.37. The van der Waals surface area contributed by atoms with Crippen LogP contribution in [0.1, 0.15) is 30.9 Å². The van der Waals surface area contributed by atoms with Gasteiger partial charge >= 0.3 is 0 Å². The molecule has 2 rings (SSSR count). The fourth-order valence-electron chi connectivity index (χ4n) is 3.16. The predicted molar refractivity (Wildman–Crippen MR) is 93.9 cm³/mol. The van der Waals surface area contributed by atoms with Gasteiger partial charge in [0.05, 0.1) is 5.52 Å². The number of nitrogens with zero attached hydrogens (tertiary/aromatic N) is 2. The Morgan fingerprint density at radius 1 is 1.33 bits per heavy atom. The third kappa shape index (κ3) is 2.56. The summed E-state index contributed by atoms with van der Waals surface area (Å²) in [7, 11) is -1.63. The smallest absolute Gasteiger partial charge is 0.188 e. The highest BCUT2D eigenvalue weighted by molar-refractivity contribution is 6.88. The molecule has 3 heteroatoms. The van der Waals surface area contributed by atoms with E-state index in [0.717, 1.165) is 11.9 Å². The first-order chi connectivity index (χ1) is 9.82. The van der Waals surface area contributed by atoms with Gasteiger partial charge in [0.1, 0.15) is 8.07 Å². The molecule has 0 radical (unpaired) electrons. The lowest BCUT2D eigenvalue weighted by Crippen LogP contribution is -2.44. The molecule has 0 aliphatic carbocycles. The molecule has 0 saturated carbocycles. The van der Waals surface area contributed by atoms with Crippen LogP contribution >= 0.6 is 0 Å². The fraction of sp³-hybridized carbons (Fsp3) is 0.389. The van der Waals surface area contributed by atoms with E-state index in [-0.39, 0.29) is 0 Å². The van der Waals surface area contributed by atoms with Gasteiger partial charge in [-0.05, 0) is 29.5 Å². The van der Waals surface area contributed by atoms with Crippen molar-refractivity contribution in [1.82, 2.24) is 4.57 Å². The fourth-order valence-corrected chi connectivity index (χ4v) is 5.14. The molecule has 21 heavy (non-hydrogen) atoms. The normalized spacial score (nSPS) is 11.9. The monoisotopic (exact) mass is 296 g/mol. The first-order valence-corrected chi connectivity index (χ1v) is 11.0. The average molecular weight is 296 g/mol. The summed E-state index contributed by atoms with van der Waals surface area (Å²) >= 11 is 0. The van der Waals surface area contributed by atoms with Gasteiger partial charge in [-0.3, -0.25) is 4.57 Å². The van der Waals surface area contributed by atoms with Crippen LogP contribution in [0.15, 0.2) is 30.9 Å². The summed E-state index contributed by atoms with van der Waals surface area (Å²) in [6.45, 7) is 15.3. The molecule has 2 aromatic rings. The maximum Gasteiger partial charge on any atom is 0.188 e. The van der Waals surface area contributed by atoms with E-state index >= 15 is 0 Å². The van der Waals surface area contributed by atoms with Gasteiger partial charge < -0.3 is 0 Å². The molecule has 1 heterocycles. The number of aromatic nitrogens is 1.